The van der Waals surface area contributed by atoms with Gasteiger partial charge in [0.05, 0.1) is 0 Å². The van der Waals surface area contributed by atoms with Crippen molar-refractivity contribution in [1.82, 2.24) is 9.80 Å². The molecule has 0 aliphatic carbocycles. The van der Waals surface area contributed by atoms with Crippen LogP contribution in [0.15, 0.2) is 0 Å². The summed E-state index contributed by atoms with van der Waals surface area (Å²) in [7, 11) is 1.86. The normalized spacial score (nSPS) is 20.6. The number of likely N-dealkylation sites (tertiary alicyclic amines) is 1. The number of halogens is 1. The summed E-state index contributed by atoms with van der Waals surface area (Å²) in [4.78, 5) is 4.30. The van der Waals surface area contributed by atoms with E-state index in [1.807, 2.05) is 7.05 Å². The zero-order chi connectivity index (χ0) is 10.4. The molecule has 0 aromatic rings. The second-order valence-electron chi connectivity index (χ2n) is 4.44. The van der Waals surface area contributed by atoms with Gasteiger partial charge in [0, 0.05) is 6.54 Å². The highest BCUT2D eigenvalue weighted by atomic mass is 19.1. The highest BCUT2D eigenvalue weighted by Crippen LogP contribution is 2.17. The molecule has 0 N–H and O–H groups in total. The maximum atomic E-state index is 12.3. The van der Waals surface area contributed by atoms with Gasteiger partial charge in [-0.05, 0) is 51.9 Å². The first-order valence-corrected chi connectivity index (χ1v) is 5.73. The van der Waals surface area contributed by atoms with Crippen molar-refractivity contribution >= 4 is 0 Å². The van der Waals surface area contributed by atoms with Gasteiger partial charge in [-0.25, -0.2) is 4.39 Å². The van der Waals surface area contributed by atoms with Gasteiger partial charge >= 0.3 is 0 Å². The zero-order valence-electron chi connectivity index (χ0n) is 9.51. The van der Waals surface area contributed by atoms with E-state index in [2.05, 4.69) is 11.8 Å². The van der Waals surface area contributed by atoms with Crippen LogP contribution in [-0.2, 0) is 0 Å². The van der Waals surface area contributed by atoms with Gasteiger partial charge in [0.15, 0.2) is 0 Å². The Bertz CT molecular complexity index is 144. The summed E-state index contributed by atoms with van der Waals surface area (Å²) in [5.74, 6) is 0.712. The first-order chi connectivity index (χ1) is 6.76. The summed E-state index contributed by atoms with van der Waals surface area (Å²) in [5.41, 5.74) is 0. The fourth-order valence-corrected chi connectivity index (χ4v) is 2.20. The summed E-state index contributed by atoms with van der Waals surface area (Å²) in [6, 6.07) is 0. The second kappa shape index (κ2) is 6.36. The Hall–Kier alpha value is -0.150. The van der Waals surface area contributed by atoms with E-state index >= 15 is 0 Å². The number of hydrogen-bond acceptors (Lipinski definition) is 2. The van der Waals surface area contributed by atoms with Crippen LogP contribution >= 0.6 is 0 Å². The number of nitrogens with zero attached hydrogens (tertiary/aromatic N) is 2. The fraction of sp³-hybridized carbons (Fsp3) is 1.00. The third-order valence-electron chi connectivity index (χ3n) is 3.02. The van der Waals surface area contributed by atoms with Crippen LogP contribution in [0.1, 0.15) is 26.2 Å². The highest BCUT2D eigenvalue weighted by molar-refractivity contribution is 4.73. The van der Waals surface area contributed by atoms with Crippen LogP contribution in [0.2, 0.25) is 0 Å². The van der Waals surface area contributed by atoms with Crippen molar-refractivity contribution in [2.75, 3.05) is 40.0 Å². The van der Waals surface area contributed by atoms with Crippen LogP contribution in [0.3, 0.4) is 0 Å². The molecule has 0 radical (unpaired) electrons. The molecular weight excluding hydrogens is 179 g/mol. The van der Waals surface area contributed by atoms with Gasteiger partial charge in [-0.15, -0.1) is 0 Å². The molecule has 1 aliphatic heterocycles. The third-order valence-corrected chi connectivity index (χ3v) is 3.02. The molecule has 1 rings (SSSR count). The zero-order valence-corrected chi connectivity index (χ0v) is 9.51. The SMILES string of the molecule is CCCN1CCC(CN(C)CF)CC1. The Kier molecular flexibility index (Phi) is 5.41. The number of piperidine rings is 1. The van der Waals surface area contributed by atoms with E-state index in [1.165, 1.54) is 38.9 Å². The topological polar surface area (TPSA) is 6.48 Å². The summed E-state index contributed by atoms with van der Waals surface area (Å²) in [6.07, 6.45) is 3.73. The van der Waals surface area contributed by atoms with Crippen molar-refractivity contribution in [3.8, 4) is 0 Å². The van der Waals surface area contributed by atoms with Crippen molar-refractivity contribution in [3.05, 3.63) is 0 Å². The largest absolute Gasteiger partial charge is 0.303 e. The molecule has 2 nitrogen and oxygen atoms in total. The molecule has 1 heterocycles. The van der Waals surface area contributed by atoms with Crippen LogP contribution in [-0.4, -0.2) is 49.8 Å². The lowest BCUT2D eigenvalue weighted by Crippen LogP contribution is -2.37. The van der Waals surface area contributed by atoms with E-state index in [9.17, 15) is 4.39 Å². The van der Waals surface area contributed by atoms with Gasteiger partial charge in [0.2, 0.25) is 0 Å². The maximum absolute atomic E-state index is 12.3. The van der Waals surface area contributed by atoms with Crippen molar-refractivity contribution in [1.29, 1.82) is 0 Å². The molecule has 0 spiro atoms. The highest BCUT2D eigenvalue weighted by Gasteiger charge is 2.19. The van der Waals surface area contributed by atoms with Gasteiger partial charge in [-0.1, -0.05) is 6.92 Å². The second-order valence-corrected chi connectivity index (χ2v) is 4.44. The predicted octanol–water partition coefficient (Wildman–Crippen LogP) is 1.97. The molecule has 0 unspecified atom stereocenters. The average Bonchev–Trinajstić information content (AvgIpc) is 2.21. The molecule has 0 atom stereocenters. The molecule has 1 saturated heterocycles. The molecular formula is C11H23FN2. The molecule has 0 amide bonds. The Morgan fingerprint density at radius 3 is 2.50 bits per heavy atom. The first-order valence-electron chi connectivity index (χ1n) is 5.73. The van der Waals surface area contributed by atoms with E-state index in [0.29, 0.717) is 5.92 Å². The number of alkyl halides is 1. The van der Waals surface area contributed by atoms with Crippen LogP contribution < -0.4 is 0 Å². The molecule has 1 aliphatic rings. The Morgan fingerprint density at radius 2 is 2.00 bits per heavy atom. The lowest BCUT2D eigenvalue weighted by Gasteiger charge is -2.33. The quantitative estimate of drug-likeness (QED) is 0.629. The minimum absolute atomic E-state index is 0.310. The maximum Gasteiger partial charge on any atom is 0.142 e. The van der Waals surface area contributed by atoms with Crippen LogP contribution in [0.5, 0.6) is 0 Å². The molecule has 84 valence electrons. The van der Waals surface area contributed by atoms with Crippen molar-refractivity contribution in [2.24, 2.45) is 5.92 Å². The Balaban J connectivity index is 2.15. The Labute approximate surface area is 87.1 Å². The number of rotatable bonds is 5. The monoisotopic (exact) mass is 202 g/mol. The lowest BCUT2D eigenvalue weighted by atomic mass is 9.96. The molecule has 0 saturated carbocycles. The third kappa shape index (κ3) is 3.93. The van der Waals surface area contributed by atoms with E-state index in [1.54, 1.807) is 4.90 Å². The molecule has 0 aromatic heterocycles. The summed E-state index contributed by atoms with van der Waals surface area (Å²) >= 11 is 0. The van der Waals surface area contributed by atoms with Gasteiger partial charge in [-0.3, -0.25) is 4.90 Å². The standard InChI is InChI=1S/C11H23FN2/c1-3-6-14-7-4-11(5-8-14)9-13(2)10-12/h11H,3-10H2,1-2H3. The number of hydrogen-bond donors (Lipinski definition) is 0. The fourth-order valence-electron chi connectivity index (χ4n) is 2.20. The van der Waals surface area contributed by atoms with Gasteiger partial charge in [0.1, 0.15) is 6.80 Å². The molecule has 14 heavy (non-hydrogen) atoms. The van der Waals surface area contributed by atoms with E-state index in [4.69, 9.17) is 0 Å². The molecule has 0 aromatic carbocycles. The smallest absolute Gasteiger partial charge is 0.142 e. The van der Waals surface area contributed by atoms with Crippen LogP contribution in [0.25, 0.3) is 0 Å². The van der Waals surface area contributed by atoms with E-state index < -0.39 is 0 Å². The van der Waals surface area contributed by atoms with Crippen LogP contribution in [0.4, 0.5) is 4.39 Å². The lowest BCUT2D eigenvalue weighted by molar-refractivity contribution is 0.133. The minimum Gasteiger partial charge on any atom is -0.303 e. The van der Waals surface area contributed by atoms with Gasteiger partial charge in [0.25, 0.3) is 0 Å². The van der Waals surface area contributed by atoms with E-state index in [-0.39, 0.29) is 6.80 Å². The molecule has 1 fully saturated rings. The van der Waals surface area contributed by atoms with Crippen LogP contribution in [0, 0.1) is 5.92 Å². The summed E-state index contributed by atoms with van der Waals surface area (Å²) < 4.78 is 12.3. The van der Waals surface area contributed by atoms with E-state index in [0.717, 1.165) is 6.54 Å². The molecule has 0 bridgehead atoms. The van der Waals surface area contributed by atoms with Gasteiger partial charge in [-0.2, -0.15) is 0 Å². The Morgan fingerprint density at radius 1 is 1.36 bits per heavy atom. The van der Waals surface area contributed by atoms with Crippen molar-refractivity contribution in [2.45, 2.75) is 26.2 Å². The summed E-state index contributed by atoms with van der Waals surface area (Å²) in [6.45, 7) is 6.48. The molecule has 3 heteroatoms. The van der Waals surface area contributed by atoms with Gasteiger partial charge < -0.3 is 4.90 Å². The first kappa shape index (κ1) is 11.9. The van der Waals surface area contributed by atoms with Crippen molar-refractivity contribution in [3.63, 3.8) is 0 Å². The van der Waals surface area contributed by atoms with Crippen molar-refractivity contribution < 1.29 is 4.39 Å². The predicted molar refractivity (Wildman–Crippen MR) is 58.1 cm³/mol. The minimum atomic E-state index is -0.310. The summed E-state index contributed by atoms with van der Waals surface area (Å²) in [5, 5.41) is 0. The average molecular weight is 202 g/mol.